The van der Waals surface area contributed by atoms with Gasteiger partial charge in [-0.3, -0.25) is 0 Å². The number of carbonyl (C=O) groups is 1. The largest absolute Gasteiger partial charge is 0.461 e. The molecule has 2 rings (SSSR count). The van der Waals surface area contributed by atoms with Crippen molar-refractivity contribution in [2.24, 2.45) is 0 Å². The molecule has 0 saturated carbocycles. The molecule has 0 spiro atoms. The zero-order valence-corrected chi connectivity index (χ0v) is 12.4. The average Bonchev–Trinajstić information content (AvgIpc) is 2.85. The second kappa shape index (κ2) is 6.35. The van der Waals surface area contributed by atoms with E-state index in [2.05, 4.69) is 4.98 Å². The van der Waals surface area contributed by atoms with Crippen LogP contribution in [0.1, 0.15) is 17.4 Å². The van der Waals surface area contributed by atoms with Gasteiger partial charge in [-0.2, -0.15) is 4.98 Å². The van der Waals surface area contributed by atoms with Crippen molar-refractivity contribution in [1.29, 1.82) is 0 Å². The molecule has 0 aliphatic heterocycles. The Bertz CT molecular complexity index is 642. The summed E-state index contributed by atoms with van der Waals surface area (Å²) in [5, 5.41) is 0.794. The molecule has 0 amide bonds. The molecule has 20 heavy (non-hydrogen) atoms. The highest BCUT2D eigenvalue weighted by atomic mass is 35.5. The van der Waals surface area contributed by atoms with Crippen molar-refractivity contribution in [1.82, 2.24) is 4.98 Å². The van der Waals surface area contributed by atoms with Crippen LogP contribution in [0, 0.1) is 0 Å². The van der Waals surface area contributed by atoms with E-state index in [9.17, 15) is 4.79 Å². The minimum atomic E-state index is -0.605. The van der Waals surface area contributed by atoms with Gasteiger partial charge in [0.2, 0.25) is 0 Å². The first kappa shape index (κ1) is 15.0. The van der Waals surface area contributed by atoms with Gasteiger partial charge in [-0.05, 0) is 13.0 Å². The Labute approximate surface area is 129 Å². The molecule has 0 unspecified atom stereocenters. The van der Waals surface area contributed by atoms with Gasteiger partial charge in [0.15, 0.2) is 11.4 Å². The van der Waals surface area contributed by atoms with E-state index in [1.54, 1.807) is 6.92 Å². The van der Waals surface area contributed by atoms with Crippen LogP contribution < -0.4 is 4.74 Å². The van der Waals surface area contributed by atoms with Gasteiger partial charge in [0.05, 0.1) is 21.7 Å². The van der Waals surface area contributed by atoms with E-state index < -0.39 is 5.97 Å². The molecule has 0 saturated heterocycles. The number of oxazole rings is 1. The van der Waals surface area contributed by atoms with Crippen LogP contribution in [0.2, 0.25) is 15.1 Å². The first-order valence-corrected chi connectivity index (χ1v) is 6.59. The molecule has 0 bridgehead atoms. The summed E-state index contributed by atoms with van der Waals surface area (Å²) in [5.41, 5.74) is -0.00182. The molecule has 0 fully saturated rings. The highest BCUT2D eigenvalue weighted by Gasteiger charge is 2.16. The van der Waals surface area contributed by atoms with Crippen LogP contribution in [0.4, 0.5) is 0 Å². The Balaban J connectivity index is 2.19. The predicted octanol–water partition coefficient (Wildman–Crippen LogP) is 4.60. The highest BCUT2D eigenvalue weighted by Crippen LogP contribution is 2.36. The molecular formula is C12H8Cl3NO4. The number of aromatic nitrogens is 1. The smallest absolute Gasteiger partial charge is 0.399 e. The number of carbonyl (C=O) groups excluding carboxylic acids is 1. The molecule has 1 aromatic heterocycles. The molecule has 1 aromatic carbocycles. The van der Waals surface area contributed by atoms with Crippen LogP contribution >= 0.6 is 34.8 Å². The minimum Gasteiger partial charge on any atom is -0.461 e. The van der Waals surface area contributed by atoms with Crippen LogP contribution in [0.5, 0.6) is 11.8 Å². The van der Waals surface area contributed by atoms with Gasteiger partial charge in [0.1, 0.15) is 6.26 Å². The molecule has 8 heteroatoms. The molecule has 0 aliphatic rings. The van der Waals surface area contributed by atoms with E-state index in [-0.39, 0.29) is 34.2 Å². The first-order chi connectivity index (χ1) is 9.51. The summed E-state index contributed by atoms with van der Waals surface area (Å²) in [4.78, 5) is 15.2. The maximum Gasteiger partial charge on any atom is 0.399 e. The monoisotopic (exact) mass is 335 g/mol. The first-order valence-electron chi connectivity index (χ1n) is 5.46. The van der Waals surface area contributed by atoms with E-state index in [0.717, 1.165) is 6.26 Å². The van der Waals surface area contributed by atoms with Crippen molar-refractivity contribution >= 4 is 40.8 Å². The fourth-order valence-corrected chi connectivity index (χ4v) is 1.85. The number of nitrogens with zero attached hydrogens (tertiary/aromatic N) is 1. The van der Waals surface area contributed by atoms with Crippen LogP contribution in [0.25, 0.3) is 0 Å². The Hall–Kier alpha value is -1.43. The summed E-state index contributed by atoms with van der Waals surface area (Å²) in [6, 6.07) is 2.84. The quantitative estimate of drug-likeness (QED) is 0.603. The van der Waals surface area contributed by atoms with Crippen LogP contribution in [-0.4, -0.2) is 17.6 Å². The van der Waals surface area contributed by atoms with Gasteiger partial charge >= 0.3 is 12.0 Å². The van der Waals surface area contributed by atoms with Crippen molar-refractivity contribution < 1.29 is 18.7 Å². The number of rotatable bonds is 4. The number of esters is 1. The molecule has 0 atom stereocenters. The summed E-state index contributed by atoms with van der Waals surface area (Å²) in [5.74, 6) is -0.398. The molecule has 0 N–H and O–H groups in total. The van der Waals surface area contributed by atoms with Gasteiger partial charge in [-0.15, -0.1) is 0 Å². The maximum absolute atomic E-state index is 11.4. The number of ether oxygens (including phenoxy) is 2. The van der Waals surface area contributed by atoms with E-state index >= 15 is 0 Å². The second-order valence-corrected chi connectivity index (χ2v) is 4.74. The standard InChI is InChI=1S/C12H8Cl3NO4/c1-2-18-11(17)9-5-19-12(16-9)20-10-4-7(14)6(13)3-8(10)15/h3-5H,2H2,1H3. The second-order valence-electron chi connectivity index (χ2n) is 3.52. The lowest BCUT2D eigenvalue weighted by Gasteiger charge is -2.04. The third-order valence-electron chi connectivity index (χ3n) is 2.14. The Morgan fingerprint density at radius 2 is 1.95 bits per heavy atom. The average molecular weight is 337 g/mol. The summed E-state index contributed by atoms with van der Waals surface area (Å²) in [7, 11) is 0. The Morgan fingerprint density at radius 3 is 2.65 bits per heavy atom. The van der Waals surface area contributed by atoms with Crippen molar-refractivity contribution in [2.75, 3.05) is 6.61 Å². The minimum absolute atomic E-state index is 0.00182. The van der Waals surface area contributed by atoms with E-state index in [4.69, 9.17) is 48.7 Å². The van der Waals surface area contributed by atoms with Gasteiger partial charge in [-0.25, -0.2) is 4.79 Å². The Kier molecular flexibility index (Phi) is 4.75. The Morgan fingerprint density at radius 1 is 1.25 bits per heavy atom. The van der Waals surface area contributed by atoms with E-state index in [0.29, 0.717) is 5.02 Å². The topological polar surface area (TPSA) is 61.6 Å². The van der Waals surface area contributed by atoms with E-state index in [1.807, 2.05) is 0 Å². The molecule has 5 nitrogen and oxygen atoms in total. The molecular weight excluding hydrogens is 328 g/mol. The molecule has 106 valence electrons. The molecule has 0 aliphatic carbocycles. The number of halogens is 3. The molecule has 1 heterocycles. The zero-order valence-electron chi connectivity index (χ0n) is 10.2. The molecule has 2 aromatic rings. The van der Waals surface area contributed by atoms with Gasteiger partial charge < -0.3 is 13.9 Å². The van der Waals surface area contributed by atoms with Crippen molar-refractivity contribution in [3.8, 4) is 11.8 Å². The van der Waals surface area contributed by atoms with Crippen molar-refractivity contribution in [3.63, 3.8) is 0 Å². The number of hydrogen-bond acceptors (Lipinski definition) is 5. The van der Waals surface area contributed by atoms with Crippen LogP contribution in [0.15, 0.2) is 22.8 Å². The maximum atomic E-state index is 11.4. The normalized spacial score (nSPS) is 10.4. The lowest BCUT2D eigenvalue weighted by Crippen LogP contribution is -2.04. The van der Waals surface area contributed by atoms with E-state index in [1.165, 1.54) is 12.1 Å². The van der Waals surface area contributed by atoms with Gasteiger partial charge in [0, 0.05) is 6.07 Å². The SMILES string of the molecule is CCOC(=O)c1coc(Oc2cc(Cl)c(Cl)cc2Cl)n1. The van der Waals surface area contributed by atoms with Crippen LogP contribution in [0.3, 0.4) is 0 Å². The van der Waals surface area contributed by atoms with Crippen molar-refractivity contribution in [3.05, 3.63) is 39.2 Å². The molecule has 0 radical (unpaired) electrons. The summed E-state index contributed by atoms with van der Waals surface area (Å²) < 4.78 is 15.1. The van der Waals surface area contributed by atoms with Gasteiger partial charge in [-0.1, -0.05) is 34.8 Å². The van der Waals surface area contributed by atoms with Crippen LogP contribution in [-0.2, 0) is 4.74 Å². The number of hydrogen-bond donors (Lipinski definition) is 0. The highest BCUT2D eigenvalue weighted by molar-refractivity contribution is 6.43. The fraction of sp³-hybridized carbons (Fsp3) is 0.167. The number of benzene rings is 1. The fourth-order valence-electron chi connectivity index (χ4n) is 1.28. The van der Waals surface area contributed by atoms with Crippen molar-refractivity contribution in [2.45, 2.75) is 6.92 Å². The third kappa shape index (κ3) is 3.36. The zero-order chi connectivity index (χ0) is 14.7. The lowest BCUT2D eigenvalue weighted by atomic mass is 10.3. The third-order valence-corrected chi connectivity index (χ3v) is 3.16. The summed E-state index contributed by atoms with van der Waals surface area (Å²) in [6.07, 6.45) is 0.965. The lowest BCUT2D eigenvalue weighted by molar-refractivity contribution is 0.0519. The summed E-state index contributed by atoms with van der Waals surface area (Å²) in [6.45, 7) is 1.92. The van der Waals surface area contributed by atoms with Gasteiger partial charge in [0.25, 0.3) is 0 Å². The predicted molar refractivity (Wildman–Crippen MR) is 74.0 cm³/mol. The summed E-state index contributed by atoms with van der Waals surface area (Å²) >= 11 is 17.6.